The van der Waals surface area contributed by atoms with Crippen LogP contribution in [0.1, 0.15) is 60.2 Å². The van der Waals surface area contributed by atoms with Crippen LogP contribution in [0.4, 0.5) is 0 Å². The maximum atomic E-state index is 11.8. The number of aliphatic hydroxyl groups is 1. The van der Waals surface area contributed by atoms with Crippen LogP contribution in [0.2, 0.25) is 0 Å². The minimum atomic E-state index is -0.660. The van der Waals surface area contributed by atoms with E-state index in [0.717, 1.165) is 41.3 Å². The number of carbonyl (C=O) groups excluding carboxylic acids is 1. The Morgan fingerprint density at radius 1 is 1.45 bits per heavy atom. The van der Waals surface area contributed by atoms with Crippen molar-refractivity contribution < 1.29 is 9.90 Å². The van der Waals surface area contributed by atoms with Crippen molar-refractivity contribution in [3.05, 3.63) is 38.4 Å². The van der Waals surface area contributed by atoms with E-state index < -0.39 is 5.60 Å². The summed E-state index contributed by atoms with van der Waals surface area (Å²) in [7, 11) is 0. The number of fused-ring (bicyclic) bond motifs is 2. The summed E-state index contributed by atoms with van der Waals surface area (Å²) in [4.78, 5) is 11.8. The first-order chi connectivity index (χ1) is 10.2. The maximum Gasteiger partial charge on any atom is 0.249 e. The summed E-state index contributed by atoms with van der Waals surface area (Å²) < 4.78 is 1.08. The smallest absolute Gasteiger partial charge is 0.249 e. The molecule has 0 heterocycles. The van der Waals surface area contributed by atoms with E-state index >= 15 is 0 Å². The molecular formula is C18H22BrNO2. The molecule has 0 saturated heterocycles. The van der Waals surface area contributed by atoms with Crippen molar-refractivity contribution in [3.63, 3.8) is 0 Å². The normalized spacial score (nSPS) is 20.9. The zero-order chi connectivity index (χ0) is 16.2. The molecule has 3 nitrogen and oxygen atoms in total. The number of hydrogen-bond donors (Lipinski definition) is 2. The molecule has 0 bridgehead atoms. The second kappa shape index (κ2) is 5.20. The van der Waals surface area contributed by atoms with Gasteiger partial charge in [0, 0.05) is 10.0 Å². The summed E-state index contributed by atoms with van der Waals surface area (Å²) >= 11 is 3.70. The first kappa shape index (κ1) is 15.8. The molecule has 0 radical (unpaired) electrons. The topological polar surface area (TPSA) is 63.3 Å². The number of allylic oxidation sites excluding steroid dienone is 2. The fourth-order valence-corrected chi connectivity index (χ4v) is 4.46. The van der Waals surface area contributed by atoms with Crippen LogP contribution in [0.15, 0.2) is 16.1 Å². The Morgan fingerprint density at radius 3 is 2.73 bits per heavy atom. The van der Waals surface area contributed by atoms with E-state index in [1.165, 1.54) is 16.7 Å². The van der Waals surface area contributed by atoms with E-state index in [-0.39, 0.29) is 11.8 Å². The van der Waals surface area contributed by atoms with Crippen LogP contribution in [-0.4, -0.2) is 16.6 Å². The Labute approximate surface area is 139 Å². The molecule has 22 heavy (non-hydrogen) atoms. The zero-order valence-corrected chi connectivity index (χ0v) is 14.9. The van der Waals surface area contributed by atoms with Crippen LogP contribution in [0.25, 0.3) is 5.57 Å². The lowest BCUT2D eigenvalue weighted by atomic mass is 9.76. The molecule has 0 fully saturated rings. The lowest BCUT2D eigenvalue weighted by molar-refractivity contribution is 0.0123. The summed E-state index contributed by atoms with van der Waals surface area (Å²) in [6, 6.07) is 1.89. The molecule has 1 atom stereocenters. The van der Waals surface area contributed by atoms with Gasteiger partial charge in [0.1, 0.15) is 0 Å². The summed E-state index contributed by atoms with van der Waals surface area (Å²) in [5.74, 6) is -0.0804. The van der Waals surface area contributed by atoms with Gasteiger partial charge in [-0.3, -0.25) is 4.79 Å². The van der Waals surface area contributed by atoms with Crippen LogP contribution >= 0.6 is 15.9 Å². The number of amides is 1. The van der Waals surface area contributed by atoms with Crippen LogP contribution in [0.5, 0.6) is 0 Å². The van der Waals surface area contributed by atoms with E-state index in [2.05, 4.69) is 15.9 Å². The van der Waals surface area contributed by atoms with Crippen molar-refractivity contribution in [1.82, 2.24) is 0 Å². The van der Waals surface area contributed by atoms with E-state index in [1.54, 1.807) is 0 Å². The third kappa shape index (κ3) is 2.42. The van der Waals surface area contributed by atoms with Crippen LogP contribution in [-0.2, 0) is 6.42 Å². The third-order valence-corrected chi connectivity index (χ3v) is 6.19. The highest BCUT2D eigenvalue weighted by Gasteiger charge is 2.36. The van der Waals surface area contributed by atoms with E-state index in [9.17, 15) is 9.90 Å². The first-order valence-electron chi connectivity index (χ1n) is 7.75. The van der Waals surface area contributed by atoms with Gasteiger partial charge in [0.15, 0.2) is 0 Å². The number of halogens is 1. The lowest BCUT2D eigenvalue weighted by Crippen LogP contribution is -2.32. The molecule has 3 N–H and O–H groups in total. The molecule has 2 aliphatic rings. The van der Waals surface area contributed by atoms with Gasteiger partial charge in [-0.1, -0.05) is 5.57 Å². The van der Waals surface area contributed by atoms with Gasteiger partial charge in [-0.15, -0.1) is 0 Å². The predicted octanol–water partition coefficient (Wildman–Crippen LogP) is 3.74. The summed E-state index contributed by atoms with van der Waals surface area (Å²) in [6.45, 7) is 5.78. The molecule has 0 spiro atoms. The fraction of sp³-hybridized carbons (Fsp3) is 0.500. The van der Waals surface area contributed by atoms with Crippen molar-refractivity contribution in [1.29, 1.82) is 0 Å². The molecule has 0 aliphatic heterocycles. The third-order valence-electron chi connectivity index (χ3n) is 5.17. The van der Waals surface area contributed by atoms with E-state index in [1.807, 2.05) is 26.8 Å². The molecule has 0 saturated carbocycles. The number of benzene rings is 1. The number of aryl methyl sites for hydroxylation is 1. The minimum absolute atomic E-state index is 0.275. The Hall–Kier alpha value is -1.13. The molecule has 3 rings (SSSR count). The van der Waals surface area contributed by atoms with Gasteiger partial charge in [0.2, 0.25) is 5.91 Å². The van der Waals surface area contributed by atoms with E-state index in [4.69, 9.17) is 5.73 Å². The zero-order valence-electron chi connectivity index (χ0n) is 13.3. The molecule has 1 amide bonds. The average molecular weight is 364 g/mol. The standard InChI is InChI=1S/C18H22BrNO2/c1-9-6-14(17(20)21)13-8-10-7-11(18(2,3)22)4-5-12(10)15(13)16(9)19/h6,11,22H,4-5,7-8H2,1-3H3,(H2,20,21)/t11-/m0/s1. The Morgan fingerprint density at radius 2 is 2.14 bits per heavy atom. The molecule has 0 unspecified atom stereocenters. The maximum absolute atomic E-state index is 11.8. The van der Waals surface area contributed by atoms with Crippen molar-refractivity contribution in [2.75, 3.05) is 0 Å². The van der Waals surface area contributed by atoms with Gasteiger partial charge >= 0.3 is 0 Å². The highest BCUT2D eigenvalue weighted by Crippen LogP contribution is 2.49. The van der Waals surface area contributed by atoms with Crippen LogP contribution in [0, 0.1) is 12.8 Å². The first-order valence-corrected chi connectivity index (χ1v) is 8.55. The van der Waals surface area contributed by atoms with Crippen molar-refractivity contribution in [3.8, 4) is 0 Å². The van der Waals surface area contributed by atoms with Crippen molar-refractivity contribution in [2.24, 2.45) is 11.7 Å². The number of primary amides is 1. The molecule has 1 aromatic rings. The van der Waals surface area contributed by atoms with Gasteiger partial charge in [-0.05, 0) is 96.6 Å². The molecule has 4 heteroatoms. The second-order valence-corrected chi connectivity index (χ2v) is 7.92. The highest BCUT2D eigenvalue weighted by atomic mass is 79.9. The summed E-state index contributed by atoms with van der Waals surface area (Å²) in [5.41, 5.74) is 11.6. The van der Waals surface area contributed by atoms with Crippen molar-refractivity contribution >= 4 is 27.4 Å². The summed E-state index contributed by atoms with van der Waals surface area (Å²) in [5, 5.41) is 10.3. The number of rotatable bonds is 2. The Kier molecular flexibility index (Phi) is 3.73. The van der Waals surface area contributed by atoms with Gasteiger partial charge in [-0.2, -0.15) is 0 Å². The molecule has 2 aliphatic carbocycles. The largest absolute Gasteiger partial charge is 0.390 e. The lowest BCUT2D eigenvalue weighted by Gasteiger charge is -2.33. The van der Waals surface area contributed by atoms with Gasteiger partial charge in [0.05, 0.1) is 5.60 Å². The van der Waals surface area contributed by atoms with Crippen LogP contribution < -0.4 is 5.73 Å². The Bertz CT molecular complexity index is 698. The molecular weight excluding hydrogens is 342 g/mol. The molecule has 0 aromatic heterocycles. The molecule has 118 valence electrons. The second-order valence-electron chi connectivity index (χ2n) is 7.13. The quantitative estimate of drug-likeness (QED) is 0.840. The fourth-order valence-electron chi connectivity index (χ4n) is 3.86. The Balaban J connectivity index is 2.08. The van der Waals surface area contributed by atoms with E-state index in [0.29, 0.717) is 5.56 Å². The number of carbonyl (C=O) groups is 1. The number of nitrogens with two attached hydrogens (primary N) is 1. The van der Waals surface area contributed by atoms with Gasteiger partial charge in [0.25, 0.3) is 0 Å². The molecule has 1 aromatic carbocycles. The SMILES string of the molecule is Cc1cc(C(N)=O)c2c(c1Br)C1=C(C2)C[C@@H](C(C)(C)O)CC1. The van der Waals surface area contributed by atoms with Gasteiger partial charge < -0.3 is 10.8 Å². The van der Waals surface area contributed by atoms with Crippen molar-refractivity contribution in [2.45, 2.75) is 52.1 Å². The van der Waals surface area contributed by atoms with Crippen LogP contribution in [0.3, 0.4) is 0 Å². The average Bonchev–Trinajstić information content (AvgIpc) is 2.79. The minimum Gasteiger partial charge on any atom is -0.390 e. The summed E-state index contributed by atoms with van der Waals surface area (Å²) in [6.07, 6.45) is 3.62. The monoisotopic (exact) mass is 363 g/mol. The number of hydrogen-bond acceptors (Lipinski definition) is 2. The van der Waals surface area contributed by atoms with Gasteiger partial charge in [-0.25, -0.2) is 0 Å². The highest BCUT2D eigenvalue weighted by molar-refractivity contribution is 9.10. The predicted molar refractivity (Wildman–Crippen MR) is 91.7 cm³/mol.